The minimum absolute atomic E-state index is 0.163. The number of allylic oxidation sites excluding steroid dienone is 1. The van der Waals surface area contributed by atoms with Gasteiger partial charge in [0.05, 0.1) is 12.2 Å². The highest BCUT2D eigenvalue weighted by Crippen LogP contribution is 2.53. The van der Waals surface area contributed by atoms with Gasteiger partial charge < -0.3 is 4.74 Å². The van der Waals surface area contributed by atoms with Crippen molar-refractivity contribution in [1.29, 1.82) is 0 Å². The number of ether oxygens (including phenoxy) is 1. The van der Waals surface area contributed by atoms with E-state index >= 15 is 0 Å². The SMILES string of the molecule is CCOC(=O)c1ccc(/C=C(\C)c2ccc3c(c2)C(C)(C)C(C)C3(C)C)cc1. The number of fused-ring (bicyclic) bond motifs is 1. The summed E-state index contributed by atoms with van der Waals surface area (Å²) in [4.78, 5) is 11.8. The average Bonchev–Trinajstić information content (AvgIpc) is 2.80. The summed E-state index contributed by atoms with van der Waals surface area (Å²) in [5.74, 6) is 0.317. The number of rotatable bonds is 4. The largest absolute Gasteiger partial charge is 0.462 e. The van der Waals surface area contributed by atoms with Crippen molar-refractivity contribution < 1.29 is 9.53 Å². The van der Waals surface area contributed by atoms with Gasteiger partial charge in [0.1, 0.15) is 0 Å². The molecular formula is C26H32O2. The van der Waals surface area contributed by atoms with E-state index in [0.29, 0.717) is 18.1 Å². The van der Waals surface area contributed by atoms with Gasteiger partial charge in [-0.3, -0.25) is 0 Å². The molecule has 148 valence electrons. The van der Waals surface area contributed by atoms with Crippen molar-refractivity contribution in [2.75, 3.05) is 6.61 Å². The first-order chi connectivity index (χ1) is 13.1. The number of hydrogen-bond donors (Lipinski definition) is 0. The maximum Gasteiger partial charge on any atom is 0.338 e. The number of carbonyl (C=O) groups is 1. The summed E-state index contributed by atoms with van der Waals surface area (Å²) in [5, 5.41) is 0. The van der Waals surface area contributed by atoms with E-state index in [9.17, 15) is 4.79 Å². The summed E-state index contributed by atoms with van der Waals surface area (Å²) >= 11 is 0. The second-order valence-electron chi connectivity index (χ2n) is 9.10. The van der Waals surface area contributed by atoms with Crippen LogP contribution >= 0.6 is 0 Å². The second kappa shape index (κ2) is 7.24. The molecule has 0 saturated heterocycles. The van der Waals surface area contributed by atoms with E-state index in [-0.39, 0.29) is 16.8 Å². The summed E-state index contributed by atoms with van der Waals surface area (Å²) in [7, 11) is 0. The minimum Gasteiger partial charge on any atom is -0.462 e. The van der Waals surface area contributed by atoms with Gasteiger partial charge in [0, 0.05) is 0 Å². The van der Waals surface area contributed by atoms with Gasteiger partial charge in [-0.2, -0.15) is 0 Å². The van der Waals surface area contributed by atoms with E-state index in [2.05, 4.69) is 65.8 Å². The third-order valence-corrected chi connectivity index (χ3v) is 6.83. The zero-order valence-electron chi connectivity index (χ0n) is 18.2. The molecule has 1 aliphatic carbocycles. The quantitative estimate of drug-likeness (QED) is 0.442. The Labute approximate surface area is 169 Å². The lowest BCUT2D eigenvalue weighted by Crippen LogP contribution is -2.30. The Morgan fingerprint density at radius 2 is 1.54 bits per heavy atom. The first-order valence-electron chi connectivity index (χ1n) is 10.2. The third-order valence-electron chi connectivity index (χ3n) is 6.83. The molecular weight excluding hydrogens is 344 g/mol. The molecule has 0 spiro atoms. The van der Waals surface area contributed by atoms with Crippen LogP contribution in [0.3, 0.4) is 0 Å². The molecule has 0 fully saturated rings. The molecule has 1 unspecified atom stereocenters. The molecule has 0 amide bonds. The van der Waals surface area contributed by atoms with Gasteiger partial charge in [-0.15, -0.1) is 0 Å². The smallest absolute Gasteiger partial charge is 0.338 e. The highest BCUT2D eigenvalue weighted by atomic mass is 16.5. The van der Waals surface area contributed by atoms with E-state index in [1.807, 2.05) is 31.2 Å². The Kier molecular flexibility index (Phi) is 5.27. The molecule has 0 radical (unpaired) electrons. The molecule has 3 rings (SSSR count). The van der Waals surface area contributed by atoms with Crippen LogP contribution in [0, 0.1) is 5.92 Å². The van der Waals surface area contributed by atoms with Crippen LogP contribution < -0.4 is 0 Å². The molecule has 2 nitrogen and oxygen atoms in total. The van der Waals surface area contributed by atoms with Crippen molar-refractivity contribution in [2.45, 2.75) is 59.3 Å². The van der Waals surface area contributed by atoms with E-state index in [4.69, 9.17) is 4.74 Å². The Hall–Kier alpha value is -2.35. The number of benzene rings is 2. The molecule has 1 aliphatic rings. The fraction of sp³-hybridized carbons (Fsp3) is 0.423. The first kappa shape index (κ1) is 20.4. The maximum atomic E-state index is 11.8. The second-order valence-corrected chi connectivity index (χ2v) is 9.10. The first-order valence-corrected chi connectivity index (χ1v) is 10.2. The van der Waals surface area contributed by atoms with Crippen LogP contribution in [0.15, 0.2) is 42.5 Å². The molecule has 1 atom stereocenters. The molecule has 28 heavy (non-hydrogen) atoms. The van der Waals surface area contributed by atoms with Gasteiger partial charge in [-0.25, -0.2) is 4.79 Å². The highest BCUT2D eigenvalue weighted by Gasteiger charge is 2.48. The highest BCUT2D eigenvalue weighted by molar-refractivity contribution is 5.90. The molecule has 2 heteroatoms. The van der Waals surface area contributed by atoms with Crippen LogP contribution in [0.4, 0.5) is 0 Å². The molecule has 2 aromatic rings. The van der Waals surface area contributed by atoms with Gasteiger partial charge >= 0.3 is 5.97 Å². The van der Waals surface area contributed by atoms with Crippen LogP contribution in [-0.4, -0.2) is 12.6 Å². The standard InChI is InChI=1S/C26H32O2/c1-8-28-24(27)20-11-9-19(10-12-20)15-17(2)21-13-14-22-23(16-21)26(6,7)18(3)25(22,4)5/h9-16,18H,8H2,1-7H3/b17-15+. The summed E-state index contributed by atoms with van der Waals surface area (Å²) in [6.45, 7) is 16.2. The Bertz CT molecular complexity index is 914. The number of hydrogen-bond acceptors (Lipinski definition) is 2. The van der Waals surface area contributed by atoms with Crippen molar-refractivity contribution in [3.8, 4) is 0 Å². The van der Waals surface area contributed by atoms with Crippen molar-refractivity contribution in [2.24, 2.45) is 5.92 Å². The van der Waals surface area contributed by atoms with Gasteiger partial charge in [-0.05, 0) is 70.6 Å². The fourth-order valence-electron chi connectivity index (χ4n) is 4.52. The Morgan fingerprint density at radius 1 is 0.964 bits per heavy atom. The van der Waals surface area contributed by atoms with Gasteiger partial charge in [0.15, 0.2) is 0 Å². The zero-order valence-corrected chi connectivity index (χ0v) is 18.2. The van der Waals surface area contributed by atoms with Gasteiger partial charge in [0.25, 0.3) is 0 Å². The average molecular weight is 377 g/mol. The van der Waals surface area contributed by atoms with Crippen LogP contribution in [0.1, 0.15) is 81.1 Å². The normalized spacial score (nSPS) is 20.0. The summed E-state index contributed by atoms with van der Waals surface area (Å²) in [5.41, 5.74) is 7.44. The molecule has 0 aliphatic heterocycles. The molecule has 0 N–H and O–H groups in total. The third kappa shape index (κ3) is 3.41. The van der Waals surface area contributed by atoms with Crippen LogP contribution in [0.5, 0.6) is 0 Å². The fourth-order valence-corrected chi connectivity index (χ4v) is 4.52. The molecule has 2 aromatic carbocycles. The van der Waals surface area contributed by atoms with E-state index in [0.717, 1.165) is 5.56 Å². The van der Waals surface area contributed by atoms with Crippen molar-refractivity contribution in [3.05, 3.63) is 70.3 Å². The van der Waals surface area contributed by atoms with E-state index in [1.54, 1.807) is 0 Å². The maximum absolute atomic E-state index is 11.8. The van der Waals surface area contributed by atoms with Crippen molar-refractivity contribution in [3.63, 3.8) is 0 Å². The zero-order chi connectivity index (χ0) is 20.7. The topological polar surface area (TPSA) is 26.3 Å². The van der Waals surface area contributed by atoms with E-state index in [1.165, 1.54) is 22.3 Å². The molecule has 0 bridgehead atoms. The lowest BCUT2D eigenvalue weighted by molar-refractivity contribution is 0.0526. The predicted octanol–water partition coefficient (Wildman–Crippen LogP) is 6.63. The number of carbonyl (C=O) groups excluding carboxylic acids is 1. The lowest BCUT2D eigenvalue weighted by Gasteiger charge is -2.32. The van der Waals surface area contributed by atoms with Crippen molar-refractivity contribution in [1.82, 2.24) is 0 Å². The van der Waals surface area contributed by atoms with Gasteiger partial charge in [0.2, 0.25) is 0 Å². The molecule has 0 heterocycles. The monoisotopic (exact) mass is 376 g/mol. The summed E-state index contributed by atoms with van der Waals surface area (Å²) in [6, 6.07) is 14.5. The van der Waals surface area contributed by atoms with Crippen LogP contribution in [0.25, 0.3) is 11.6 Å². The van der Waals surface area contributed by atoms with Crippen LogP contribution in [-0.2, 0) is 15.6 Å². The predicted molar refractivity (Wildman–Crippen MR) is 118 cm³/mol. The lowest BCUT2D eigenvalue weighted by atomic mass is 9.71. The minimum atomic E-state index is -0.271. The van der Waals surface area contributed by atoms with E-state index < -0.39 is 0 Å². The van der Waals surface area contributed by atoms with Gasteiger partial charge in [-0.1, -0.05) is 71.0 Å². The Morgan fingerprint density at radius 3 is 2.14 bits per heavy atom. The Balaban J connectivity index is 1.91. The summed E-state index contributed by atoms with van der Waals surface area (Å²) in [6.07, 6.45) is 2.17. The summed E-state index contributed by atoms with van der Waals surface area (Å²) < 4.78 is 5.05. The van der Waals surface area contributed by atoms with Crippen molar-refractivity contribution >= 4 is 17.6 Å². The number of esters is 1. The molecule has 0 saturated carbocycles. The van der Waals surface area contributed by atoms with Crippen LogP contribution in [0.2, 0.25) is 0 Å². The molecule has 0 aromatic heterocycles.